The highest BCUT2D eigenvalue weighted by atomic mass is 32.2. The highest BCUT2D eigenvalue weighted by Gasteiger charge is 2.08. The van der Waals surface area contributed by atoms with Crippen LogP contribution in [0.5, 0.6) is 0 Å². The molecule has 88 valence electrons. The SMILES string of the molecule is C#CSc1cccc(-c2ccccc2C(C)=O)c1. The molecule has 2 heteroatoms. The van der Waals surface area contributed by atoms with Crippen LogP contribution in [0.2, 0.25) is 0 Å². The first-order valence-electron chi connectivity index (χ1n) is 5.55. The molecule has 0 saturated heterocycles. The smallest absolute Gasteiger partial charge is 0.160 e. The van der Waals surface area contributed by atoms with Gasteiger partial charge in [-0.15, -0.1) is 6.42 Å². The summed E-state index contributed by atoms with van der Waals surface area (Å²) >= 11 is 1.34. The van der Waals surface area contributed by atoms with Gasteiger partial charge in [0.25, 0.3) is 0 Å². The number of Topliss-reactive ketones (excluding diaryl/α,β-unsaturated/α-hetero) is 1. The van der Waals surface area contributed by atoms with E-state index in [1.807, 2.05) is 48.5 Å². The van der Waals surface area contributed by atoms with Crippen molar-refractivity contribution in [3.05, 3.63) is 54.1 Å². The maximum atomic E-state index is 11.6. The van der Waals surface area contributed by atoms with Gasteiger partial charge in [0, 0.05) is 10.5 Å². The molecule has 0 aliphatic carbocycles. The molecule has 2 rings (SSSR count). The van der Waals surface area contributed by atoms with Crippen molar-refractivity contribution in [2.45, 2.75) is 11.8 Å². The van der Waals surface area contributed by atoms with Crippen LogP contribution < -0.4 is 0 Å². The van der Waals surface area contributed by atoms with Crippen molar-refractivity contribution in [3.8, 4) is 22.8 Å². The first kappa shape index (κ1) is 12.5. The molecule has 0 atom stereocenters. The van der Waals surface area contributed by atoms with E-state index in [1.54, 1.807) is 6.92 Å². The molecule has 0 amide bonds. The van der Waals surface area contributed by atoms with Crippen LogP contribution in [0.15, 0.2) is 53.4 Å². The molecule has 1 nitrogen and oxygen atoms in total. The van der Waals surface area contributed by atoms with E-state index in [2.05, 4.69) is 5.25 Å². The second-order valence-electron chi connectivity index (χ2n) is 3.85. The number of rotatable bonds is 3. The average molecular weight is 252 g/mol. The quantitative estimate of drug-likeness (QED) is 0.462. The fourth-order valence-electron chi connectivity index (χ4n) is 1.84. The molecule has 0 aromatic heterocycles. The van der Waals surface area contributed by atoms with Gasteiger partial charge in [-0.3, -0.25) is 4.79 Å². The molecular formula is C16H12OS. The van der Waals surface area contributed by atoms with Gasteiger partial charge >= 0.3 is 0 Å². The Morgan fingerprint density at radius 3 is 2.67 bits per heavy atom. The lowest BCUT2D eigenvalue weighted by molar-refractivity contribution is 0.101. The lowest BCUT2D eigenvalue weighted by atomic mass is 9.98. The standard InChI is InChI=1S/C16H12OS/c1-3-18-14-8-6-7-13(11-14)16-10-5-4-9-15(16)12(2)17/h1,4-11H,2H3. The Labute approximate surface area is 111 Å². The van der Waals surface area contributed by atoms with Crippen molar-refractivity contribution in [2.75, 3.05) is 0 Å². The molecule has 0 aliphatic rings. The zero-order valence-electron chi connectivity index (χ0n) is 10.0. The summed E-state index contributed by atoms with van der Waals surface area (Å²) in [6.07, 6.45) is 5.29. The molecule has 0 heterocycles. The van der Waals surface area contributed by atoms with E-state index >= 15 is 0 Å². The summed E-state index contributed by atoms with van der Waals surface area (Å²) in [5.41, 5.74) is 2.70. The van der Waals surface area contributed by atoms with Crippen LogP contribution in [0.25, 0.3) is 11.1 Å². The summed E-state index contributed by atoms with van der Waals surface area (Å²) in [7, 11) is 0. The van der Waals surface area contributed by atoms with E-state index in [-0.39, 0.29) is 5.78 Å². The number of hydrogen-bond acceptors (Lipinski definition) is 2. The van der Waals surface area contributed by atoms with Crippen LogP contribution >= 0.6 is 11.8 Å². The second kappa shape index (κ2) is 5.57. The minimum atomic E-state index is 0.0700. The van der Waals surface area contributed by atoms with Gasteiger partial charge < -0.3 is 0 Å². The summed E-state index contributed by atoms with van der Waals surface area (Å²) in [6.45, 7) is 1.58. The van der Waals surface area contributed by atoms with E-state index in [1.165, 1.54) is 11.8 Å². The number of hydrogen-bond donors (Lipinski definition) is 0. The number of thioether (sulfide) groups is 1. The summed E-state index contributed by atoms with van der Waals surface area (Å²) in [4.78, 5) is 12.6. The van der Waals surface area contributed by atoms with E-state index < -0.39 is 0 Å². The highest BCUT2D eigenvalue weighted by molar-refractivity contribution is 8.03. The Balaban J connectivity index is 2.52. The van der Waals surface area contributed by atoms with Crippen molar-refractivity contribution in [1.82, 2.24) is 0 Å². The molecule has 2 aromatic carbocycles. The molecule has 18 heavy (non-hydrogen) atoms. The zero-order valence-corrected chi connectivity index (χ0v) is 10.8. The lowest BCUT2D eigenvalue weighted by Gasteiger charge is -2.07. The van der Waals surface area contributed by atoms with Crippen LogP contribution in [-0.4, -0.2) is 5.78 Å². The lowest BCUT2D eigenvalue weighted by Crippen LogP contribution is -1.95. The molecule has 0 aliphatic heterocycles. The van der Waals surface area contributed by atoms with Gasteiger partial charge in [-0.2, -0.15) is 0 Å². The zero-order chi connectivity index (χ0) is 13.0. The summed E-state index contributed by atoms with van der Waals surface area (Å²) in [5.74, 6) is 0.0700. The molecular weight excluding hydrogens is 240 g/mol. The third-order valence-electron chi connectivity index (χ3n) is 2.63. The Kier molecular flexibility index (Phi) is 3.86. The van der Waals surface area contributed by atoms with Gasteiger partial charge in [0.05, 0.1) is 0 Å². The number of carbonyl (C=O) groups is 1. The molecule has 2 aromatic rings. The topological polar surface area (TPSA) is 17.1 Å². The summed E-state index contributed by atoms with van der Waals surface area (Å²) in [5, 5.41) is 2.55. The summed E-state index contributed by atoms with van der Waals surface area (Å²) in [6, 6.07) is 15.5. The fourth-order valence-corrected chi connectivity index (χ4v) is 2.31. The molecule has 0 bridgehead atoms. The van der Waals surface area contributed by atoms with Crippen molar-refractivity contribution in [1.29, 1.82) is 0 Å². The van der Waals surface area contributed by atoms with Gasteiger partial charge in [-0.25, -0.2) is 0 Å². The van der Waals surface area contributed by atoms with E-state index in [4.69, 9.17) is 6.42 Å². The van der Waals surface area contributed by atoms with Crippen LogP contribution in [0.3, 0.4) is 0 Å². The average Bonchev–Trinajstić information content (AvgIpc) is 2.39. The number of terminal acetylenes is 1. The molecule has 0 saturated carbocycles. The highest BCUT2D eigenvalue weighted by Crippen LogP contribution is 2.27. The predicted molar refractivity (Wildman–Crippen MR) is 76.6 cm³/mol. The molecule has 0 spiro atoms. The minimum absolute atomic E-state index is 0.0700. The third-order valence-corrected chi connectivity index (χ3v) is 3.24. The van der Waals surface area contributed by atoms with Gasteiger partial charge in [-0.05, 0) is 47.2 Å². The Bertz CT molecular complexity index is 623. The monoisotopic (exact) mass is 252 g/mol. The van der Waals surface area contributed by atoms with Crippen LogP contribution in [0, 0.1) is 11.7 Å². The number of carbonyl (C=O) groups excluding carboxylic acids is 1. The molecule has 0 fully saturated rings. The van der Waals surface area contributed by atoms with Crippen molar-refractivity contribution < 1.29 is 4.79 Å². The van der Waals surface area contributed by atoms with Crippen LogP contribution in [0.4, 0.5) is 0 Å². The Morgan fingerprint density at radius 2 is 1.94 bits per heavy atom. The van der Waals surface area contributed by atoms with Gasteiger partial charge in [0.1, 0.15) is 0 Å². The fraction of sp³-hybridized carbons (Fsp3) is 0.0625. The number of benzene rings is 2. The second-order valence-corrected chi connectivity index (χ2v) is 4.76. The molecule has 0 N–H and O–H groups in total. The predicted octanol–water partition coefficient (Wildman–Crippen LogP) is 4.24. The van der Waals surface area contributed by atoms with E-state index in [9.17, 15) is 4.79 Å². The van der Waals surface area contributed by atoms with Crippen molar-refractivity contribution >= 4 is 17.5 Å². The maximum Gasteiger partial charge on any atom is 0.160 e. The van der Waals surface area contributed by atoms with E-state index in [0.717, 1.165) is 21.6 Å². The normalized spacial score (nSPS) is 9.78. The van der Waals surface area contributed by atoms with Crippen LogP contribution in [-0.2, 0) is 0 Å². The Morgan fingerprint density at radius 1 is 1.17 bits per heavy atom. The molecule has 0 radical (unpaired) electrons. The molecule has 0 unspecified atom stereocenters. The van der Waals surface area contributed by atoms with Crippen molar-refractivity contribution in [3.63, 3.8) is 0 Å². The van der Waals surface area contributed by atoms with Gasteiger partial charge in [0.15, 0.2) is 5.78 Å². The van der Waals surface area contributed by atoms with Crippen molar-refractivity contribution in [2.24, 2.45) is 0 Å². The maximum absolute atomic E-state index is 11.6. The summed E-state index contributed by atoms with van der Waals surface area (Å²) < 4.78 is 0. The number of ketones is 1. The van der Waals surface area contributed by atoms with Crippen LogP contribution in [0.1, 0.15) is 17.3 Å². The van der Waals surface area contributed by atoms with Gasteiger partial charge in [0.2, 0.25) is 0 Å². The largest absolute Gasteiger partial charge is 0.294 e. The van der Waals surface area contributed by atoms with E-state index in [0.29, 0.717) is 0 Å². The first-order chi connectivity index (χ1) is 8.72. The minimum Gasteiger partial charge on any atom is -0.294 e. The van der Waals surface area contributed by atoms with Gasteiger partial charge in [-0.1, -0.05) is 36.4 Å². The Hall–Kier alpha value is -1.98. The third kappa shape index (κ3) is 2.64. The first-order valence-corrected chi connectivity index (χ1v) is 6.37.